The van der Waals surface area contributed by atoms with E-state index in [4.69, 9.17) is 10.5 Å². The first kappa shape index (κ1) is 11.9. The lowest BCUT2D eigenvalue weighted by Gasteiger charge is -2.33. The monoisotopic (exact) mass is 238 g/mol. The molecule has 1 atom stereocenters. The van der Waals surface area contributed by atoms with Crippen LogP contribution in [0.15, 0.2) is 18.2 Å². The van der Waals surface area contributed by atoms with Crippen LogP contribution in [-0.2, 0) is 4.74 Å². The summed E-state index contributed by atoms with van der Waals surface area (Å²) in [4.78, 5) is 13.8. The number of hydrogen-bond donors (Lipinski definition) is 1. The second-order valence-corrected chi connectivity index (χ2v) is 4.16. The van der Waals surface area contributed by atoms with Crippen LogP contribution in [0, 0.1) is 5.82 Å². The summed E-state index contributed by atoms with van der Waals surface area (Å²) in [5.41, 5.74) is 5.75. The van der Waals surface area contributed by atoms with Gasteiger partial charge in [-0.15, -0.1) is 0 Å². The van der Waals surface area contributed by atoms with Crippen LogP contribution >= 0.6 is 0 Å². The molecule has 92 valence electrons. The Balaban J connectivity index is 2.21. The first-order valence-corrected chi connectivity index (χ1v) is 5.53. The molecule has 0 spiro atoms. The molecule has 1 aromatic rings. The predicted octanol–water partition coefficient (Wildman–Crippen LogP) is 1.27. The SMILES string of the molecule is CC1COCCN1C(=O)c1ccc(N)c(F)c1. The molecule has 0 aliphatic carbocycles. The summed E-state index contributed by atoms with van der Waals surface area (Å²) in [6, 6.07) is 4.15. The number of morpholine rings is 1. The molecular formula is C12H15FN2O2. The molecular weight excluding hydrogens is 223 g/mol. The molecule has 1 unspecified atom stereocenters. The Morgan fingerprint density at radius 3 is 3.00 bits per heavy atom. The lowest BCUT2D eigenvalue weighted by Crippen LogP contribution is -2.47. The van der Waals surface area contributed by atoms with E-state index in [1.165, 1.54) is 12.1 Å². The highest BCUT2D eigenvalue weighted by Crippen LogP contribution is 2.16. The Bertz CT molecular complexity index is 437. The third kappa shape index (κ3) is 2.39. The van der Waals surface area contributed by atoms with Gasteiger partial charge in [0.15, 0.2) is 0 Å². The van der Waals surface area contributed by atoms with E-state index in [2.05, 4.69) is 0 Å². The van der Waals surface area contributed by atoms with Gasteiger partial charge in [-0.2, -0.15) is 0 Å². The van der Waals surface area contributed by atoms with Gasteiger partial charge in [0.05, 0.1) is 24.9 Å². The molecule has 1 saturated heterocycles. The molecule has 1 fully saturated rings. The molecule has 1 aliphatic heterocycles. The average Bonchev–Trinajstić information content (AvgIpc) is 2.32. The fourth-order valence-electron chi connectivity index (χ4n) is 1.85. The van der Waals surface area contributed by atoms with Crippen molar-refractivity contribution in [3.63, 3.8) is 0 Å². The van der Waals surface area contributed by atoms with Gasteiger partial charge in [0.25, 0.3) is 5.91 Å². The second kappa shape index (κ2) is 4.71. The smallest absolute Gasteiger partial charge is 0.254 e. The summed E-state index contributed by atoms with van der Waals surface area (Å²) < 4.78 is 18.5. The van der Waals surface area contributed by atoms with Gasteiger partial charge in [-0.05, 0) is 25.1 Å². The van der Waals surface area contributed by atoms with E-state index in [9.17, 15) is 9.18 Å². The van der Waals surface area contributed by atoms with Crippen LogP contribution < -0.4 is 5.73 Å². The molecule has 2 N–H and O–H groups in total. The maximum atomic E-state index is 13.3. The quantitative estimate of drug-likeness (QED) is 0.749. The molecule has 0 saturated carbocycles. The lowest BCUT2D eigenvalue weighted by molar-refractivity contribution is 0.00357. The van der Waals surface area contributed by atoms with Crippen LogP contribution in [0.25, 0.3) is 0 Å². The van der Waals surface area contributed by atoms with Gasteiger partial charge in [-0.25, -0.2) is 4.39 Å². The number of nitrogen functional groups attached to an aromatic ring is 1. The number of ether oxygens (including phenoxy) is 1. The predicted molar refractivity (Wildman–Crippen MR) is 62.1 cm³/mol. The van der Waals surface area contributed by atoms with Crippen molar-refractivity contribution in [1.82, 2.24) is 4.90 Å². The second-order valence-electron chi connectivity index (χ2n) is 4.16. The fraction of sp³-hybridized carbons (Fsp3) is 0.417. The maximum Gasteiger partial charge on any atom is 0.254 e. The summed E-state index contributed by atoms with van der Waals surface area (Å²) in [6.07, 6.45) is 0. The van der Waals surface area contributed by atoms with Crippen molar-refractivity contribution in [3.05, 3.63) is 29.6 Å². The van der Waals surface area contributed by atoms with Crippen molar-refractivity contribution in [2.24, 2.45) is 0 Å². The first-order valence-electron chi connectivity index (χ1n) is 5.53. The topological polar surface area (TPSA) is 55.6 Å². The molecule has 4 nitrogen and oxygen atoms in total. The summed E-state index contributed by atoms with van der Waals surface area (Å²) in [7, 11) is 0. The number of rotatable bonds is 1. The van der Waals surface area contributed by atoms with Crippen molar-refractivity contribution in [2.45, 2.75) is 13.0 Å². The number of carbonyl (C=O) groups is 1. The van der Waals surface area contributed by atoms with Crippen LogP contribution in [-0.4, -0.2) is 36.6 Å². The van der Waals surface area contributed by atoms with Gasteiger partial charge in [-0.1, -0.05) is 0 Å². The third-order valence-electron chi connectivity index (χ3n) is 2.88. The molecule has 1 heterocycles. The standard InChI is InChI=1S/C12H15FN2O2/c1-8-7-17-5-4-15(8)12(16)9-2-3-11(14)10(13)6-9/h2-3,6,8H,4-5,7,14H2,1H3. The Hall–Kier alpha value is -1.62. The van der Waals surface area contributed by atoms with Gasteiger partial charge in [0.1, 0.15) is 5.82 Å². The third-order valence-corrected chi connectivity index (χ3v) is 2.88. The van der Waals surface area contributed by atoms with E-state index in [1.54, 1.807) is 11.0 Å². The van der Waals surface area contributed by atoms with Crippen molar-refractivity contribution in [1.29, 1.82) is 0 Å². The average molecular weight is 238 g/mol. The molecule has 0 aromatic heterocycles. The molecule has 5 heteroatoms. The number of nitrogens with two attached hydrogens (primary N) is 1. The van der Waals surface area contributed by atoms with E-state index in [0.717, 1.165) is 0 Å². The fourth-order valence-corrected chi connectivity index (χ4v) is 1.85. The Kier molecular flexibility index (Phi) is 3.28. The summed E-state index contributed by atoms with van der Waals surface area (Å²) in [6.45, 7) is 3.48. The van der Waals surface area contributed by atoms with E-state index in [1.807, 2.05) is 6.92 Å². The first-order chi connectivity index (χ1) is 8.09. The highest BCUT2D eigenvalue weighted by atomic mass is 19.1. The largest absolute Gasteiger partial charge is 0.396 e. The molecule has 1 aromatic carbocycles. The van der Waals surface area contributed by atoms with Crippen LogP contribution in [0.4, 0.5) is 10.1 Å². The zero-order chi connectivity index (χ0) is 12.4. The Labute approximate surface area is 99.2 Å². The number of anilines is 1. The van der Waals surface area contributed by atoms with E-state index >= 15 is 0 Å². The molecule has 1 amide bonds. The van der Waals surface area contributed by atoms with E-state index in [0.29, 0.717) is 25.3 Å². The minimum absolute atomic E-state index is 0.0110. The van der Waals surface area contributed by atoms with Gasteiger partial charge in [0, 0.05) is 12.1 Å². The van der Waals surface area contributed by atoms with Crippen LogP contribution in [0.5, 0.6) is 0 Å². The summed E-state index contributed by atoms with van der Waals surface area (Å²) in [5.74, 6) is -0.739. The highest BCUT2D eigenvalue weighted by Gasteiger charge is 2.25. The van der Waals surface area contributed by atoms with Crippen molar-refractivity contribution in [3.8, 4) is 0 Å². The number of benzene rings is 1. The van der Waals surface area contributed by atoms with Crippen LogP contribution in [0.1, 0.15) is 17.3 Å². The van der Waals surface area contributed by atoms with Gasteiger partial charge in [-0.3, -0.25) is 4.79 Å². The Morgan fingerprint density at radius 2 is 2.35 bits per heavy atom. The number of hydrogen-bond acceptors (Lipinski definition) is 3. The normalized spacial score (nSPS) is 20.4. The zero-order valence-corrected chi connectivity index (χ0v) is 9.65. The van der Waals surface area contributed by atoms with Crippen molar-refractivity contribution >= 4 is 11.6 Å². The van der Waals surface area contributed by atoms with Gasteiger partial charge >= 0.3 is 0 Å². The summed E-state index contributed by atoms with van der Waals surface area (Å²) in [5, 5.41) is 0. The molecule has 17 heavy (non-hydrogen) atoms. The minimum atomic E-state index is -0.559. The van der Waals surface area contributed by atoms with Crippen molar-refractivity contribution < 1.29 is 13.9 Å². The highest BCUT2D eigenvalue weighted by molar-refractivity contribution is 5.94. The van der Waals surface area contributed by atoms with E-state index in [-0.39, 0.29) is 17.6 Å². The van der Waals surface area contributed by atoms with Crippen LogP contribution in [0.3, 0.4) is 0 Å². The number of amides is 1. The molecule has 0 radical (unpaired) electrons. The molecule has 1 aliphatic rings. The number of nitrogens with zero attached hydrogens (tertiary/aromatic N) is 1. The zero-order valence-electron chi connectivity index (χ0n) is 9.65. The number of halogens is 1. The summed E-state index contributed by atoms with van der Waals surface area (Å²) >= 11 is 0. The van der Waals surface area contributed by atoms with Crippen LogP contribution in [0.2, 0.25) is 0 Å². The van der Waals surface area contributed by atoms with E-state index < -0.39 is 5.82 Å². The lowest BCUT2D eigenvalue weighted by atomic mass is 10.1. The maximum absolute atomic E-state index is 13.3. The van der Waals surface area contributed by atoms with Crippen molar-refractivity contribution in [2.75, 3.05) is 25.5 Å². The molecule has 0 bridgehead atoms. The van der Waals surface area contributed by atoms with Gasteiger partial charge < -0.3 is 15.4 Å². The minimum Gasteiger partial charge on any atom is -0.396 e. The van der Waals surface area contributed by atoms with Gasteiger partial charge in [0.2, 0.25) is 0 Å². The molecule has 2 rings (SSSR count). The number of carbonyl (C=O) groups excluding carboxylic acids is 1. The Morgan fingerprint density at radius 1 is 1.59 bits per heavy atom.